The zero-order chi connectivity index (χ0) is 9.68. The molecule has 2 unspecified atom stereocenters. The molecule has 4 nitrogen and oxygen atoms in total. The van der Waals surface area contributed by atoms with Crippen LogP contribution in [0.25, 0.3) is 0 Å². The van der Waals surface area contributed by atoms with Crippen molar-refractivity contribution in [2.45, 2.75) is 25.0 Å². The molecule has 0 radical (unpaired) electrons. The molecule has 0 aromatic rings. The van der Waals surface area contributed by atoms with E-state index in [0.29, 0.717) is 13.2 Å². The van der Waals surface area contributed by atoms with Gasteiger partial charge < -0.3 is 14.2 Å². The minimum atomic E-state index is -0.646. The van der Waals surface area contributed by atoms with E-state index in [0.717, 1.165) is 6.42 Å². The number of carbonyl (C=O) groups excluding carboxylic acids is 1. The molecule has 76 valence electrons. The molecule has 1 heterocycles. The lowest BCUT2D eigenvalue weighted by atomic mass is 10.5. The van der Waals surface area contributed by atoms with Gasteiger partial charge >= 0.3 is 5.97 Å². The van der Waals surface area contributed by atoms with E-state index in [9.17, 15) is 4.79 Å². The summed E-state index contributed by atoms with van der Waals surface area (Å²) in [6.45, 7) is 3.04. The first-order valence-corrected chi connectivity index (χ1v) is 4.67. The molecule has 0 amide bonds. The Morgan fingerprint density at radius 3 is 3.08 bits per heavy atom. The number of esters is 1. The van der Waals surface area contributed by atoms with Crippen LogP contribution in [0.5, 0.6) is 0 Å². The molecule has 0 spiro atoms. The molecule has 1 aliphatic heterocycles. The van der Waals surface area contributed by atoms with E-state index in [-0.39, 0.29) is 6.61 Å². The molecular formula is C8H13ClO4. The maximum Gasteiger partial charge on any atom is 0.326 e. The van der Waals surface area contributed by atoms with E-state index >= 15 is 0 Å². The number of ether oxygens (including phenoxy) is 3. The summed E-state index contributed by atoms with van der Waals surface area (Å²) >= 11 is 5.52. The number of hydrogen-bond donors (Lipinski definition) is 0. The van der Waals surface area contributed by atoms with Crippen LogP contribution in [0.4, 0.5) is 0 Å². The summed E-state index contributed by atoms with van der Waals surface area (Å²) in [6.07, 6.45) is 0.223. The van der Waals surface area contributed by atoms with E-state index in [1.165, 1.54) is 0 Å². The van der Waals surface area contributed by atoms with Crippen molar-refractivity contribution in [3.63, 3.8) is 0 Å². The van der Waals surface area contributed by atoms with E-state index < -0.39 is 17.6 Å². The summed E-state index contributed by atoms with van der Waals surface area (Å²) in [5.41, 5.74) is 0. The van der Waals surface area contributed by atoms with E-state index in [4.69, 9.17) is 25.8 Å². The van der Waals surface area contributed by atoms with Crippen LogP contribution >= 0.6 is 11.6 Å². The molecule has 1 fully saturated rings. The van der Waals surface area contributed by atoms with Crippen LogP contribution in [0.3, 0.4) is 0 Å². The maximum absolute atomic E-state index is 11.0. The zero-order valence-corrected chi connectivity index (χ0v) is 8.25. The Bertz CT molecular complexity index is 164. The third kappa shape index (κ3) is 3.93. The van der Waals surface area contributed by atoms with Crippen LogP contribution in [0.2, 0.25) is 0 Å². The fraction of sp³-hybridized carbons (Fsp3) is 0.875. The van der Waals surface area contributed by atoms with Crippen molar-refractivity contribution < 1.29 is 19.0 Å². The van der Waals surface area contributed by atoms with Gasteiger partial charge in [-0.25, -0.2) is 0 Å². The quantitative estimate of drug-likeness (QED) is 0.500. The van der Waals surface area contributed by atoms with E-state index in [1.807, 2.05) is 0 Å². The van der Waals surface area contributed by atoms with Crippen LogP contribution in [-0.4, -0.2) is 37.5 Å². The largest absolute Gasteiger partial charge is 0.432 e. The molecule has 0 saturated carbocycles. The Morgan fingerprint density at radius 2 is 2.38 bits per heavy atom. The molecule has 0 aliphatic carbocycles. The number of rotatable bonds is 2. The lowest BCUT2D eigenvalue weighted by Crippen LogP contribution is -2.28. The van der Waals surface area contributed by atoms with Crippen LogP contribution < -0.4 is 0 Å². The Kier molecular flexibility index (Phi) is 4.48. The molecule has 13 heavy (non-hydrogen) atoms. The lowest BCUT2D eigenvalue weighted by molar-refractivity contribution is -0.183. The predicted molar refractivity (Wildman–Crippen MR) is 46.6 cm³/mol. The van der Waals surface area contributed by atoms with Crippen LogP contribution in [-0.2, 0) is 19.0 Å². The highest BCUT2D eigenvalue weighted by atomic mass is 35.5. The van der Waals surface area contributed by atoms with Crippen molar-refractivity contribution in [3.8, 4) is 0 Å². The van der Waals surface area contributed by atoms with Crippen molar-refractivity contribution in [2.75, 3.05) is 19.8 Å². The SMILES string of the molecule is CC(Cl)C(=O)OC1COCCCO1. The third-order valence-corrected chi connectivity index (χ3v) is 1.74. The second-order valence-corrected chi connectivity index (χ2v) is 3.44. The first-order valence-electron chi connectivity index (χ1n) is 4.24. The average molecular weight is 209 g/mol. The molecule has 0 bridgehead atoms. The zero-order valence-electron chi connectivity index (χ0n) is 7.49. The molecule has 1 saturated heterocycles. The van der Waals surface area contributed by atoms with Gasteiger partial charge in [0, 0.05) is 6.61 Å². The smallest absolute Gasteiger partial charge is 0.326 e. The van der Waals surface area contributed by atoms with Gasteiger partial charge in [-0.2, -0.15) is 0 Å². The monoisotopic (exact) mass is 208 g/mol. The van der Waals surface area contributed by atoms with Gasteiger partial charge in [0.1, 0.15) is 12.0 Å². The van der Waals surface area contributed by atoms with Crippen LogP contribution in [0, 0.1) is 0 Å². The highest BCUT2D eigenvalue weighted by molar-refractivity contribution is 6.29. The van der Waals surface area contributed by atoms with Crippen molar-refractivity contribution >= 4 is 17.6 Å². The van der Waals surface area contributed by atoms with Crippen molar-refractivity contribution in [1.82, 2.24) is 0 Å². The van der Waals surface area contributed by atoms with Gasteiger partial charge in [0.25, 0.3) is 0 Å². The number of hydrogen-bond acceptors (Lipinski definition) is 4. The van der Waals surface area contributed by atoms with E-state index in [2.05, 4.69) is 0 Å². The first kappa shape index (κ1) is 10.8. The van der Waals surface area contributed by atoms with Gasteiger partial charge in [0.05, 0.1) is 6.61 Å². The summed E-state index contributed by atoms with van der Waals surface area (Å²) in [7, 11) is 0. The average Bonchev–Trinajstić information content (AvgIpc) is 2.32. The van der Waals surface area contributed by atoms with Gasteiger partial charge in [-0.15, -0.1) is 11.6 Å². The number of halogens is 1. The summed E-state index contributed by atoms with van der Waals surface area (Å²) in [6, 6.07) is 0. The number of carbonyl (C=O) groups is 1. The highest BCUT2D eigenvalue weighted by Crippen LogP contribution is 2.06. The predicted octanol–water partition coefficient (Wildman–Crippen LogP) is 0.920. The standard InChI is InChI=1S/C8H13ClO4/c1-6(9)8(10)13-7-5-11-3-2-4-12-7/h6-7H,2-5H2,1H3. The molecule has 0 aromatic carbocycles. The molecule has 1 rings (SSSR count). The summed E-state index contributed by atoms with van der Waals surface area (Å²) < 4.78 is 15.3. The summed E-state index contributed by atoms with van der Waals surface area (Å²) in [4.78, 5) is 11.0. The fourth-order valence-corrected chi connectivity index (χ4v) is 0.946. The second kappa shape index (κ2) is 5.42. The Morgan fingerprint density at radius 1 is 1.62 bits per heavy atom. The minimum absolute atomic E-state index is 0.287. The summed E-state index contributed by atoms with van der Waals surface area (Å²) in [5.74, 6) is -0.475. The lowest BCUT2D eigenvalue weighted by Gasteiger charge is -2.15. The Hall–Kier alpha value is -0.320. The fourth-order valence-electron chi connectivity index (χ4n) is 0.895. The van der Waals surface area contributed by atoms with Gasteiger partial charge in [-0.1, -0.05) is 0 Å². The van der Waals surface area contributed by atoms with E-state index in [1.54, 1.807) is 6.92 Å². The first-order chi connectivity index (χ1) is 6.20. The normalized spacial score (nSPS) is 26.2. The van der Waals surface area contributed by atoms with Crippen LogP contribution in [0.1, 0.15) is 13.3 Å². The molecule has 0 N–H and O–H groups in total. The minimum Gasteiger partial charge on any atom is -0.432 e. The molecule has 2 atom stereocenters. The molecular weight excluding hydrogens is 196 g/mol. The Labute approximate surface area is 82.1 Å². The van der Waals surface area contributed by atoms with Crippen LogP contribution in [0.15, 0.2) is 0 Å². The topological polar surface area (TPSA) is 44.8 Å². The highest BCUT2D eigenvalue weighted by Gasteiger charge is 2.20. The molecule has 0 aromatic heterocycles. The maximum atomic E-state index is 11.0. The van der Waals surface area contributed by atoms with Gasteiger partial charge in [-0.3, -0.25) is 4.79 Å². The number of alkyl halides is 1. The van der Waals surface area contributed by atoms with Crippen molar-refractivity contribution in [3.05, 3.63) is 0 Å². The summed E-state index contributed by atoms with van der Waals surface area (Å²) in [5, 5.41) is -0.646. The second-order valence-electron chi connectivity index (χ2n) is 2.78. The van der Waals surface area contributed by atoms with Gasteiger partial charge in [0.2, 0.25) is 6.29 Å². The Balaban J connectivity index is 2.29. The van der Waals surface area contributed by atoms with Crippen molar-refractivity contribution in [1.29, 1.82) is 0 Å². The molecule has 5 heteroatoms. The van der Waals surface area contributed by atoms with Gasteiger partial charge in [0.15, 0.2) is 0 Å². The molecule has 1 aliphatic rings. The van der Waals surface area contributed by atoms with Gasteiger partial charge in [-0.05, 0) is 13.3 Å². The van der Waals surface area contributed by atoms with Crippen molar-refractivity contribution in [2.24, 2.45) is 0 Å². The third-order valence-electron chi connectivity index (χ3n) is 1.56.